The summed E-state index contributed by atoms with van der Waals surface area (Å²) < 4.78 is 4.77. The van der Waals surface area contributed by atoms with Crippen molar-refractivity contribution >= 4 is 51.1 Å². The quantitative estimate of drug-likeness (QED) is 0.217. The van der Waals surface area contributed by atoms with Crippen LogP contribution in [0.1, 0.15) is 32.8 Å². The molecule has 8 nitrogen and oxygen atoms in total. The third-order valence-corrected chi connectivity index (χ3v) is 12.7. The Hall–Kier alpha value is -3.08. The molecule has 0 radical (unpaired) electrons. The van der Waals surface area contributed by atoms with Crippen molar-refractivity contribution in [2.45, 2.75) is 66.6 Å². The number of amides is 3. The molecule has 0 aromatic heterocycles. The molecule has 3 aliphatic heterocycles. The molecule has 3 saturated heterocycles. The molecule has 3 unspecified atom stereocenters. The van der Waals surface area contributed by atoms with Gasteiger partial charge in [0.05, 0.1) is 35.8 Å². The predicted molar refractivity (Wildman–Crippen MR) is 187 cm³/mol. The minimum atomic E-state index is -0.848. The Morgan fingerprint density at radius 1 is 1.11 bits per heavy atom. The van der Waals surface area contributed by atoms with E-state index < -0.39 is 28.7 Å². The number of fused-ring (bicyclic) bond motifs is 1. The maximum absolute atomic E-state index is 14.9. The number of carbonyl (C=O) groups is 3. The highest BCUT2D eigenvalue weighted by atomic mass is 79.9. The van der Waals surface area contributed by atoms with Crippen LogP contribution >= 0.6 is 27.7 Å². The van der Waals surface area contributed by atoms with E-state index in [1.54, 1.807) is 38.6 Å². The lowest BCUT2D eigenvalue weighted by molar-refractivity contribution is -0.146. The van der Waals surface area contributed by atoms with Crippen molar-refractivity contribution in [3.05, 3.63) is 85.5 Å². The smallest absolute Gasteiger partial charge is 0.247 e. The molecule has 0 aliphatic carbocycles. The van der Waals surface area contributed by atoms with Crippen LogP contribution in [0.4, 0.5) is 5.69 Å². The summed E-state index contributed by atoms with van der Waals surface area (Å²) in [6.07, 6.45) is 4.33. The number of aliphatic hydroxyl groups excluding tert-OH is 1. The first-order valence-corrected chi connectivity index (χ1v) is 17.8. The van der Waals surface area contributed by atoms with Crippen molar-refractivity contribution in [2.24, 2.45) is 11.8 Å². The van der Waals surface area contributed by atoms with Gasteiger partial charge in [0.15, 0.2) is 0 Å². The van der Waals surface area contributed by atoms with Crippen LogP contribution in [0.2, 0.25) is 0 Å². The number of hydrogen-bond donors (Lipinski definition) is 1. The summed E-state index contributed by atoms with van der Waals surface area (Å²) in [5, 5.41) is 10.6. The van der Waals surface area contributed by atoms with Crippen LogP contribution in [0.3, 0.4) is 0 Å². The number of halogens is 1. The molecular formula is C36H44BrN3O5S. The second kappa shape index (κ2) is 14.4. The highest BCUT2D eigenvalue weighted by molar-refractivity contribution is 9.09. The number of rotatable bonds is 14. The molecule has 0 saturated carbocycles. The van der Waals surface area contributed by atoms with Crippen LogP contribution in [0.15, 0.2) is 79.9 Å². The van der Waals surface area contributed by atoms with Crippen molar-refractivity contribution in [3.8, 4) is 5.75 Å². The van der Waals surface area contributed by atoms with E-state index in [9.17, 15) is 19.5 Å². The molecule has 3 fully saturated rings. The molecule has 1 spiro atoms. The minimum absolute atomic E-state index is 0.0785. The minimum Gasteiger partial charge on any atom is -0.494 e. The van der Waals surface area contributed by atoms with Crippen molar-refractivity contribution in [2.75, 3.05) is 31.2 Å². The molecule has 7 atom stereocenters. The molecule has 2 aromatic rings. The van der Waals surface area contributed by atoms with E-state index in [0.717, 1.165) is 5.56 Å². The van der Waals surface area contributed by atoms with Gasteiger partial charge in [0, 0.05) is 34.9 Å². The number of anilines is 1. The number of carbonyl (C=O) groups excluding carboxylic acids is 3. The first-order chi connectivity index (χ1) is 22.1. The van der Waals surface area contributed by atoms with Crippen LogP contribution in [0, 0.1) is 11.8 Å². The third kappa shape index (κ3) is 6.04. The zero-order valence-electron chi connectivity index (χ0n) is 26.8. The SMILES string of the molecule is C=CCN(C(=O)[C@H]1[C@H]2C(=O)N([C@@H](CO)Cc3ccccc3)C(C(=O)N(CC=C)C(C)C)C23CC(Br)[C@@H]1S3)c1ccc(OCC)cc1. The maximum Gasteiger partial charge on any atom is 0.247 e. The molecular weight excluding hydrogens is 666 g/mol. The molecule has 3 aliphatic rings. The highest BCUT2D eigenvalue weighted by Gasteiger charge is 2.76. The van der Waals surface area contributed by atoms with Gasteiger partial charge in [0.1, 0.15) is 11.8 Å². The summed E-state index contributed by atoms with van der Waals surface area (Å²) in [7, 11) is 0. The number of ether oxygens (including phenoxy) is 1. The van der Waals surface area contributed by atoms with Crippen LogP contribution < -0.4 is 9.64 Å². The predicted octanol–water partition coefficient (Wildman–Crippen LogP) is 5.10. The summed E-state index contributed by atoms with van der Waals surface area (Å²) >= 11 is 5.48. The van der Waals surface area contributed by atoms with Crippen LogP contribution in [0.5, 0.6) is 5.75 Å². The van der Waals surface area contributed by atoms with E-state index in [1.165, 1.54) is 0 Å². The third-order valence-electron chi connectivity index (χ3n) is 9.43. The van der Waals surface area contributed by atoms with E-state index in [0.29, 0.717) is 37.4 Å². The fourth-order valence-electron chi connectivity index (χ4n) is 7.53. The zero-order chi connectivity index (χ0) is 33.2. The number of nitrogens with zero attached hydrogens (tertiary/aromatic N) is 3. The van der Waals surface area contributed by atoms with Gasteiger partial charge in [0.2, 0.25) is 17.7 Å². The fourth-order valence-corrected chi connectivity index (χ4v) is 11.1. The Bertz CT molecular complexity index is 1440. The van der Waals surface area contributed by atoms with Crippen molar-refractivity contribution < 1.29 is 24.2 Å². The maximum atomic E-state index is 14.9. The summed E-state index contributed by atoms with van der Waals surface area (Å²) in [5.74, 6) is -1.28. The van der Waals surface area contributed by atoms with Gasteiger partial charge in [-0.2, -0.15) is 0 Å². The van der Waals surface area contributed by atoms with Crippen LogP contribution in [-0.4, -0.2) is 91.9 Å². The summed E-state index contributed by atoms with van der Waals surface area (Å²) in [5.41, 5.74) is 1.64. The van der Waals surface area contributed by atoms with Gasteiger partial charge in [-0.1, -0.05) is 58.4 Å². The molecule has 10 heteroatoms. The van der Waals surface area contributed by atoms with Gasteiger partial charge in [-0.3, -0.25) is 14.4 Å². The van der Waals surface area contributed by atoms with Crippen molar-refractivity contribution in [1.82, 2.24) is 9.80 Å². The molecule has 3 heterocycles. The molecule has 3 amide bonds. The average Bonchev–Trinajstić information content (AvgIpc) is 3.65. The molecule has 2 bridgehead atoms. The Labute approximate surface area is 285 Å². The number of benzene rings is 2. The fraction of sp³-hybridized carbons (Fsp3) is 0.472. The highest BCUT2D eigenvalue weighted by Crippen LogP contribution is 2.68. The van der Waals surface area contributed by atoms with E-state index in [1.807, 2.05) is 75.4 Å². The van der Waals surface area contributed by atoms with E-state index in [2.05, 4.69) is 29.1 Å². The Kier molecular flexibility index (Phi) is 10.7. The lowest BCUT2D eigenvalue weighted by atomic mass is 9.70. The van der Waals surface area contributed by atoms with Crippen molar-refractivity contribution in [3.63, 3.8) is 0 Å². The first kappa shape index (κ1) is 34.3. The lowest BCUT2D eigenvalue weighted by Crippen LogP contribution is -2.59. The normalized spacial score (nSPS) is 27.0. The molecule has 1 N–H and O–H groups in total. The van der Waals surface area contributed by atoms with Gasteiger partial charge in [-0.25, -0.2) is 0 Å². The molecule has 2 aromatic carbocycles. The average molecular weight is 711 g/mol. The van der Waals surface area contributed by atoms with Crippen LogP contribution in [0.25, 0.3) is 0 Å². The van der Waals surface area contributed by atoms with Gasteiger partial charge in [0.25, 0.3) is 0 Å². The lowest BCUT2D eigenvalue weighted by Gasteiger charge is -2.41. The van der Waals surface area contributed by atoms with E-state index in [4.69, 9.17) is 4.74 Å². The second-order valence-electron chi connectivity index (χ2n) is 12.5. The Balaban J connectivity index is 1.59. The Morgan fingerprint density at radius 3 is 2.37 bits per heavy atom. The van der Waals surface area contributed by atoms with E-state index >= 15 is 0 Å². The monoisotopic (exact) mass is 709 g/mol. The number of alkyl halides is 1. The van der Waals surface area contributed by atoms with Gasteiger partial charge in [-0.05, 0) is 63.4 Å². The summed E-state index contributed by atoms with van der Waals surface area (Å²) in [6.45, 7) is 14.4. The summed E-state index contributed by atoms with van der Waals surface area (Å²) in [6, 6.07) is 15.4. The number of thioether (sulfide) groups is 1. The molecule has 46 heavy (non-hydrogen) atoms. The number of likely N-dealkylation sites (tertiary alicyclic amines) is 1. The number of aliphatic hydroxyl groups is 1. The van der Waals surface area contributed by atoms with Gasteiger partial charge >= 0.3 is 0 Å². The second-order valence-corrected chi connectivity index (χ2v) is 15.2. The Morgan fingerprint density at radius 2 is 1.78 bits per heavy atom. The molecule has 5 rings (SSSR count). The van der Waals surface area contributed by atoms with Gasteiger partial charge < -0.3 is 24.5 Å². The zero-order valence-corrected chi connectivity index (χ0v) is 29.2. The standard InChI is InChI=1S/C36H44BrN3O5S/c1-6-18-38(23(4)5)35(44)32-36-21-28(37)31(46-36)29(33(42)39(19-7-2)25-14-16-27(17-15-25)45-8-3)30(36)34(43)40(32)26(22-41)20-24-12-10-9-11-13-24/h6-7,9-17,23,26,28-32,41H,1-2,8,18-22H2,3-5H3/t26-,28?,29+,30+,31+,32?,36?/m1/s1. The van der Waals surface area contributed by atoms with Crippen LogP contribution in [-0.2, 0) is 20.8 Å². The van der Waals surface area contributed by atoms with Gasteiger partial charge in [-0.15, -0.1) is 24.9 Å². The van der Waals surface area contributed by atoms with E-state index in [-0.39, 0.29) is 47.0 Å². The topological polar surface area (TPSA) is 90.4 Å². The molecule has 246 valence electrons. The first-order valence-electron chi connectivity index (χ1n) is 16.0. The summed E-state index contributed by atoms with van der Waals surface area (Å²) in [4.78, 5) is 49.3. The van der Waals surface area contributed by atoms with Crippen molar-refractivity contribution in [1.29, 1.82) is 0 Å². The largest absolute Gasteiger partial charge is 0.494 e. The number of hydrogen-bond acceptors (Lipinski definition) is 6.